The van der Waals surface area contributed by atoms with Gasteiger partial charge in [-0.3, -0.25) is 4.98 Å². The highest BCUT2D eigenvalue weighted by molar-refractivity contribution is 9.10. The lowest BCUT2D eigenvalue weighted by atomic mass is 10.1. The van der Waals surface area contributed by atoms with Crippen LogP contribution < -0.4 is 5.32 Å². The summed E-state index contributed by atoms with van der Waals surface area (Å²) >= 11 is 3.57. The van der Waals surface area contributed by atoms with Gasteiger partial charge >= 0.3 is 0 Å². The Balaban J connectivity index is 2.15. The molecule has 0 radical (unpaired) electrons. The average Bonchev–Trinajstić information content (AvgIpc) is 2.42. The van der Waals surface area contributed by atoms with Crippen LogP contribution in [0.5, 0.6) is 0 Å². The van der Waals surface area contributed by atoms with E-state index in [1.54, 1.807) is 0 Å². The standard InChI is InChI=1S/C17H15BrN2/c1-11-9-12(2)17-13(10-11)15(7-8-19-17)20-16-6-4-3-5-14(16)18/h3-10H,1-2H3,(H,19,20). The highest BCUT2D eigenvalue weighted by Gasteiger charge is 2.07. The molecule has 100 valence electrons. The van der Waals surface area contributed by atoms with Gasteiger partial charge in [-0.15, -0.1) is 0 Å². The van der Waals surface area contributed by atoms with Crippen molar-refractivity contribution in [2.24, 2.45) is 0 Å². The van der Waals surface area contributed by atoms with E-state index in [0.717, 1.165) is 26.8 Å². The number of pyridine rings is 1. The predicted molar refractivity (Wildman–Crippen MR) is 88.6 cm³/mol. The molecule has 0 fully saturated rings. The van der Waals surface area contributed by atoms with Gasteiger partial charge in [-0.05, 0) is 59.6 Å². The van der Waals surface area contributed by atoms with E-state index in [9.17, 15) is 0 Å². The van der Waals surface area contributed by atoms with Crippen LogP contribution in [0.3, 0.4) is 0 Å². The number of nitrogens with one attached hydrogen (secondary N) is 1. The number of aryl methyl sites for hydroxylation is 2. The molecular weight excluding hydrogens is 312 g/mol. The Labute approximate surface area is 127 Å². The number of hydrogen-bond donors (Lipinski definition) is 1. The molecule has 2 nitrogen and oxygen atoms in total. The first-order valence-electron chi connectivity index (χ1n) is 6.52. The van der Waals surface area contributed by atoms with Crippen LogP contribution in [0.1, 0.15) is 11.1 Å². The third-order valence-corrected chi connectivity index (χ3v) is 4.01. The van der Waals surface area contributed by atoms with Gasteiger partial charge in [0.1, 0.15) is 0 Å². The van der Waals surface area contributed by atoms with E-state index in [2.05, 4.69) is 58.3 Å². The minimum absolute atomic E-state index is 1.05. The summed E-state index contributed by atoms with van der Waals surface area (Å²) in [5, 5.41) is 4.64. The molecule has 3 aromatic rings. The molecule has 0 unspecified atom stereocenters. The maximum Gasteiger partial charge on any atom is 0.0752 e. The summed E-state index contributed by atoms with van der Waals surface area (Å²) < 4.78 is 1.05. The normalized spacial score (nSPS) is 10.8. The lowest BCUT2D eigenvalue weighted by molar-refractivity contribution is 1.34. The summed E-state index contributed by atoms with van der Waals surface area (Å²) in [5.74, 6) is 0. The molecule has 1 heterocycles. The molecule has 0 aliphatic rings. The summed E-state index contributed by atoms with van der Waals surface area (Å²) in [6.07, 6.45) is 1.85. The lowest BCUT2D eigenvalue weighted by Gasteiger charge is -2.12. The average molecular weight is 327 g/mol. The molecule has 0 saturated carbocycles. The highest BCUT2D eigenvalue weighted by Crippen LogP contribution is 2.30. The third-order valence-electron chi connectivity index (χ3n) is 3.32. The van der Waals surface area contributed by atoms with Crippen molar-refractivity contribution in [2.45, 2.75) is 13.8 Å². The largest absolute Gasteiger partial charge is 0.354 e. The summed E-state index contributed by atoms with van der Waals surface area (Å²) in [7, 11) is 0. The minimum Gasteiger partial charge on any atom is -0.354 e. The molecule has 0 aliphatic heterocycles. The number of benzene rings is 2. The number of fused-ring (bicyclic) bond motifs is 1. The van der Waals surface area contributed by atoms with Crippen molar-refractivity contribution >= 4 is 38.2 Å². The second-order valence-corrected chi connectivity index (χ2v) is 5.80. The Morgan fingerprint density at radius 3 is 2.60 bits per heavy atom. The Hall–Kier alpha value is -1.87. The second-order valence-electron chi connectivity index (χ2n) is 4.94. The van der Waals surface area contributed by atoms with Crippen molar-refractivity contribution in [2.75, 3.05) is 5.32 Å². The zero-order chi connectivity index (χ0) is 14.1. The molecule has 3 heteroatoms. The zero-order valence-corrected chi connectivity index (χ0v) is 13.0. The number of aromatic nitrogens is 1. The maximum absolute atomic E-state index is 4.49. The van der Waals surface area contributed by atoms with E-state index in [1.807, 2.05) is 30.5 Å². The monoisotopic (exact) mass is 326 g/mol. The fourth-order valence-corrected chi connectivity index (χ4v) is 2.81. The summed E-state index contributed by atoms with van der Waals surface area (Å²) in [4.78, 5) is 4.49. The van der Waals surface area contributed by atoms with Gasteiger partial charge < -0.3 is 5.32 Å². The zero-order valence-electron chi connectivity index (χ0n) is 11.4. The second kappa shape index (κ2) is 5.25. The van der Waals surface area contributed by atoms with Crippen LogP contribution in [0.15, 0.2) is 53.1 Å². The number of halogens is 1. The summed E-state index contributed by atoms with van der Waals surface area (Å²) in [6, 6.07) is 14.5. The van der Waals surface area contributed by atoms with E-state index < -0.39 is 0 Å². The van der Waals surface area contributed by atoms with Gasteiger partial charge in [0, 0.05) is 21.7 Å². The van der Waals surface area contributed by atoms with Crippen molar-refractivity contribution in [1.82, 2.24) is 4.98 Å². The number of para-hydroxylation sites is 1. The first kappa shape index (κ1) is 13.1. The molecule has 0 amide bonds. The molecule has 0 spiro atoms. The third kappa shape index (κ3) is 2.41. The van der Waals surface area contributed by atoms with Crippen molar-refractivity contribution in [3.63, 3.8) is 0 Å². The van der Waals surface area contributed by atoms with Crippen molar-refractivity contribution in [1.29, 1.82) is 0 Å². The van der Waals surface area contributed by atoms with Gasteiger partial charge in [-0.2, -0.15) is 0 Å². The van der Waals surface area contributed by atoms with Crippen LogP contribution in [-0.4, -0.2) is 4.98 Å². The van der Waals surface area contributed by atoms with E-state index in [0.29, 0.717) is 0 Å². The van der Waals surface area contributed by atoms with Gasteiger partial charge in [-0.25, -0.2) is 0 Å². The summed E-state index contributed by atoms with van der Waals surface area (Å²) in [5.41, 5.74) is 5.63. The number of rotatable bonds is 2. The van der Waals surface area contributed by atoms with Crippen molar-refractivity contribution < 1.29 is 0 Å². The topological polar surface area (TPSA) is 24.9 Å². The lowest BCUT2D eigenvalue weighted by Crippen LogP contribution is -1.95. The molecule has 0 aliphatic carbocycles. The van der Waals surface area contributed by atoms with Crippen LogP contribution in [0.2, 0.25) is 0 Å². The van der Waals surface area contributed by atoms with E-state index in [4.69, 9.17) is 0 Å². The van der Waals surface area contributed by atoms with Gasteiger partial charge in [0.25, 0.3) is 0 Å². The Kier molecular flexibility index (Phi) is 3.45. The van der Waals surface area contributed by atoms with Crippen LogP contribution >= 0.6 is 15.9 Å². The SMILES string of the molecule is Cc1cc(C)c2nccc(Nc3ccccc3Br)c2c1. The molecule has 0 saturated heterocycles. The van der Waals surface area contributed by atoms with Crippen LogP contribution in [-0.2, 0) is 0 Å². The van der Waals surface area contributed by atoms with E-state index >= 15 is 0 Å². The van der Waals surface area contributed by atoms with Crippen LogP contribution in [0.4, 0.5) is 11.4 Å². The molecule has 0 bridgehead atoms. The van der Waals surface area contributed by atoms with Crippen molar-refractivity contribution in [3.8, 4) is 0 Å². The molecule has 3 rings (SSSR count). The van der Waals surface area contributed by atoms with Crippen LogP contribution in [0.25, 0.3) is 10.9 Å². The van der Waals surface area contributed by atoms with Crippen LogP contribution in [0, 0.1) is 13.8 Å². The Morgan fingerprint density at radius 2 is 1.80 bits per heavy atom. The quantitative estimate of drug-likeness (QED) is 0.685. The molecular formula is C17H15BrN2. The smallest absolute Gasteiger partial charge is 0.0752 e. The molecule has 1 N–H and O–H groups in total. The maximum atomic E-state index is 4.49. The predicted octanol–water partition coefficient (Wildman–Crippen LogP) is 5.36. The van der Waals surface area contributed by atoms with Gasteiger partial charge in [0.15, 0.2) is 0 Å². The Bertz CT molecular complexity index is 781. The van der Waals surface area contributed by atoms with Gasteiger partial charge in [0.05, 0.1) is 11.2 Å². The fourth-order valence-electron chi connectivity index (χ4n) is 2.43. The minimum atomic E-state index is 1.05. The Morgan fingerprint density at radius 1 is 1.00 bits per heavy atom. The first-order chi connectivity index (χ1) is 9.65. The molecule has 0 atom stereocenters. The van der Waals surface area contributed by atoms with E-state index in [-0.39, 0.29) is 0 Å². The van der Waals surface area contributed by atoms with Gasteiger partial charge in [0.2, 0.25) is 0 Å². The number of hydrogen-bond acceptors (Lipinski definition) is 2. The molecule has 20 heavy (non-hydrogen) atoms. The van der Waals surface area contributed by atoms with Crippen molar-refractivity contribution in [3.05, 3.63) is 64.3 Å². The van der Waals surface area contributed by atoms with E-state index in [1.165, 1.54) is 11.1 Å². The fraction of sp³-hybridized carbons (Fsp3) is 0.118. The first-order valence-corrected chi connectivity index (χ1v) is 7.32. The number of anilines is 2. The van der Waals surface area contributed by atoms with Gasteiger partial charge in [-0.1, -0.05) is 23.8 Å². The molecule has 2 aromatic carbocycles. The number of nitrogens with zero attached hydrogens (tertiary/aromatic N) is 1. The molecule has 1 aromatic heterocycles. The highest BCUT2D eigenvalue weighted by atomic mass is 79.9. The summed E-state index contributed by atoms with van der Waals surface area (Å²) in [6.45, 7) is 4.21.